The molecule has 0 spiro atoms. The standard InChI is InChI=1S/C19H25N3O2/c1-24-16-7-4-6-15(12-16)17-8-5-11-22(17)13-18(23)21-19(14-20)9-2-3-10-19/h4,6-7,12,17H,2-3,5,8-11,13H2,1H3,(H,21,23). The van der Waals surface area contributed by atoms with Crippen molar-refractivity contribution >= 4 is 5.91 Å². The summed E-state index contributed by atoms with van der Waals surface area (Å²) in [6.07, 6.45) is 5.71. The third-order valence-corrected chi connectivity index (χ3v) is 5.24. The van der Waals surface area contributed by atoms with E-state index >= 15 is 0 Å². The van der Waals surface area contributed by atoms with Gasteiger partial charge in [0.25, 0.3) is 0 Å². The van der Waals surface area contributed by atoms with Crippen LogP contribution in [0.1, 0.15) is 50.1 Å². The lowest BCUT2D eigenvalue weighted by Crippen LogP contribution is -2.48. The van der Waals surface area contributed by atoms with Gasteiger partial charge in [0.2, 0.25) is 5.91 Å². The Kier molecular flexibility index (Phi) is 5.06. The first kappa shape index (κ1) is 16.8. The van der Waals surface area contributed by atoms with E-state index in [0.717, 1.165) is 50.8 Å². The average molecular weight is 327 g/mol. The number of hydrogen-bond donors (Lipinski definition) is 1. The number of ether oxygens (including phenoxy) is 1. The number of nitrogens with zero attached hydrogens (tertiary/aromatic N) is 2. The number of nitrogens with one attached hydrogen (secondary N) is 1. The van der Waals surface area contributed by atoms with Gasteiger partial charge in [-0.25, -0.2) is 0 Å². The van der Waals surface area contributed by atoms with Crippen LogP contribution in [0, 0.1) is 11.3 Å². The Bertz CT molecular complexity index is 632. The number of likely N-dealkylation sites (tertiary alicyclic amines) is 1. The maximum absolute atomic E-state index is 12.5. The number of nitriles is 1. The second kappa shape index (κ2) is 7.23. The van der Waals surface area contributed by atoms with Gasteiger partial charge < -0.3 is 10.1 Å². The summed E-state index contributed by atoms with van der Waals surface area (Å²) in [6, 6.07) is 10.6. The summed E-state index contributed by atoms with van der Waals surface area (Å²) in [5.74, 6) is 0.812. The van der Waals surface area contributed by atoms with Crippen LogP contribution in [-0.4, -0.2) is 36.5 Å². The maximum atomic E-state index is 12.5. The van der Waals surface area contributed by atoms with Crippen LogP contribution in [-0.2, 0) is 4.79 Å². The van der Waals surface area contributed by atoms with Gasteiger partial charge in [0.1, 0.15) is 11.3 Å². The van der Waals surface area contributed by atoms with E-state index in [9.17, 15) is 10.1 Å². The minimum atomic E-state index is -0.637. The first-order chi connectivity index (χ1) is 11.7. The third kappa shape index (κ3) is 3.54. The molecule has 1 heterocycles. The lowest BCUT2D eigenvalue weighted by atomic mass is 10.00. The quantitative estimate of drug-likeness (QED) is 0.903. The molecule has 1 aliphatic heterocycles. The second-order valence-electron chi connectivity index (χ2n) is 6.85. The number of carbonyl (C=O) groups excluding carboxylic acids is 1. The zero-order chi connectivity index (χ0) is 17.0. The highest BCUT2D eigenvalue weighted by Crippen LogP contribution is 2.33. The fourth-order valence-electron chi connectivity index (χ4n) is 3.98. The maximum Gasteiger partial charge on any atom is 0.235 e. The van der Waals surface area contributed by atoms with Crippen LogP contribution in [0.4, 0.5) is 0 Å². The van der Waals surface area contributed by atoms with Crippen molar-refractivity contribution in [3.8, 4) is 11.8 Å². The van der Waals surface area contributed by atoms with Crippen LogP contribution in [0.2, 0.25) is 0 Å². The average Bonchev–Trinajstić information content (AvgIpc) is 3.25. The molecule has 1 saturated heterocycles. The minimum Gasteiger partial charge on any atom is -0.497 e. The van der Waals surface area contributed by atoms with Gasteiger partial charge in [-0.2, -0.15) is 5.26 Å². The smallest absolute Gasteiger partial charge is 0.235 e. The van der Waals surface area contributed by atoms with Gasteiger partial charge in [0.15, 0.2) is 0 Å². The van der Waals surface area contributed by atoms with E-state index in [1.807, 2.05) is 12.1 Å². The second-order valence-corrected chi connectivity index (χ2v) is 6.85. The molecule has 1 saturated carbocycles. The summed E-state index contributed by atoms with van der Waals surface area (Å²) in [7, 11) is 1.67. The molecule has 1 aromatic rings. The van der Waals surface area contributed by atoms with Crippen LogP contribution < -0.4 is 10.1 Å². The summed E-state index contributed by atoms with van der Waals surface area (Å²) in [5.41, 5.74) is 0.554. The Morgan fingerprint density at radius 3 is 2.92 bits per heavy atom. The first-order valence-electron chi connectivity index (χ1n) is 8.76. The van der Waals surface area contributed by atoms with Gasteiger partial charge in [-0.3, -0.25) is 9.69 Å². The fraction of sp³-hybridized carbons (Fsp3) is 0.579. The lowest BCUT2D eigenvalue weighted by Gasteiger charge is -2.27. The zero-order valence-corrected chi connectivity index (χ0v) is 14.3. The third-order valence-electron chi connectivity index (χ3n) is 5.24. The molecule has 5 nitrogen and oxygen atoms in total. The minimum absolute atomic E-state index is 0.0340. The molecule has 1 amide bonds. The van der Waals surface area contributed by atoms with Crippen molar-refractivity contribution in [3.63, 3.8) is 0 Å². The van der Waals surface area contributed by atoms with Gasteiger partial charge in [0, 0.05) is 6.04 Å². The van der Waals surface area contributed by atoms with Crippen molar-refractivity contribution in [1.29, 1.82) is 5.26 Å². The Hall–Kier alpha value is -2.06. The molecule has 0 radical (unpaired) electrons. The summed E-state index contributed by atoms with van der Waals surface area (Å²) in [4.78, 5) is 14.7. The zero-order valence-electron chi connectivity index (χ0n) is 14.3. The molecule has 1 N–H and O–H groups in total. The van der Waals surface area contributed by atoms with Crippen molar-refractivity contribution in [3.05, 3.63) is 29.8 Å². The van der Waals surface area contributed by atoms with Gasteiger partial charge in [-0.15, -0.1) is 0 Å². The molecule has 1 unspecified atom stereocenters. The highest BCUT2D eigenvalue weighted by atomic mass is 16.5. The molecule has 1 aliphatic carbocycles. The van der Waals surface area contributed by atoms with E-state index in [4.69, 9.17) is 4.74 Å². The monoisotopic (exact) mass is 327 g/mol. The molecule has 1 atom stereocenters. The number of hydrogen-bond acceptors (Lipinski definition) is 4. The molecular weight excluding hydrogens is 302 g/mol. The highest BCUT2D eigenvalue weighted by molar-refractivity contribution is 5.79. The van der Waals surface area contributed by atoms with E-state index in [0.29, 0.717) is 6.54 Å². The Morgan fingerprint density at radius 1 is 1.42 bits per heavy atom. The fourth-order valence-corrected chi connectivity index (χ4v) is 3.98. The molecule has 2 aliphatic rings. The number of rotatable bonds is 5. The van der Waals surface area contributed by atoms with Crippen LogP contribution in [0.3, 0.4) is 0 Å². The Labute approximate surface area is 143 Å². The molecular formula is C19H25N3O2. The molecule has 2 fully saturated rings. The number of carbonyl (C=O) groups is 1. The van der Waals surface area contributed by atoms with E-state index in [1.165, 1.54) is 5.56 Å². The molecule has 0 bridgehead atoms. The van der Waals surface area contributed by atoms with Crippen molar-refractivity contribution in [1.82, 2.24) is 10.2 Å². The molecule has 5 heteroatoms. The normalized spacial score (nSPS) is 22.9. The van der Waals surface area contributed by atoms with E-state index in [2.05, 4.69) is 28.4 Å². The molecule has 128 valence electrons. The summed E-state index contributed by atoms with van der Waals surface area (Å²) in [5, 5.41) is 12.4. The summed E-state index contributed by atoms with van der Waals surface area (Å²) in [6.45, 7) is 1.26. The van der Waals surface area contributed by atoms with E-state index in [-0.39, 0.29) is 11.9 Å². The van der Waals surface area contributed by atoms with Gasteiger partial charge >= 0.3 is 0 Å². The van der Waals surface area contributed by atoms with Gasteiger partial charge in [0.05, 0.1) is 19.7 Å². The van der Waals surface area contributed by atoms with Crippen molar-refractivity contribution in [2.24, 2.45) is 0 Å². The number of amides is 1. The SMILES string of the molecule is COc1cccc(C2CCCN2CC(=O)NC2(C#N)CCCC2)c1. The molecule has 24 heavy (non-hydrogen) atoms. The highest BCUT2D eigenvalue weighted by Gasteiger charge is 2.36. The van der Waals surface area contributed by atoms with Gasteiger partial charge in [-0.05, 0) is 62.8 Å². The van der Waals surface area contributed by atoms with E-state index < -0.39 is 5.54 Å². The first-order valence-corrected chi connectivity index (χ1v) is 8.76. The van der Waals surface area contributed by atoms with Crippen LogP contribution in [0.25, 0.3) is 0 Å². The van der Waals surface area contributed by atoms with Gasteiger partial charge in [-0.1, -0.05) is 12.1 Å². The summed E-state index contributed by atoms with van der Waals surface area (Å²) >= 11 is 0. The van der Waals surface area contributed by atoms with Crippen molar-refractivity contribution < 1.29 is 9.53 Å². The Morgan fingerprint density at radius 2 is 2.21 bits per heavy atom. The van der Waals surface area contributed by atoms with E-state index in [1.54, 1.807) is 7.11 Å². The van der Waals surface area contributed by atoms with Crippen LogP contribution in [0.15, 0.2) is 24.3 Å². The van der Waals surface area contributed by atoms with Crippen molar-refractivity contribution in [2.75, 3.05) is 20.2 Å². The van der Waals surface area contributed by atoms with Crippen LogP contribution >= 0.6 is 0 Å². The predicted molar refractivity (Wildman–Crippen MR) is 91.5 cm³/mol. The predicted octanol–water partition coefficient (Wildman–Crippen LogP) is 2.78. The largest absolute Gasteiger partial charge is 0.497 e. The molecule has 3 rings (SSSR count). The lowest BCUT2D eigenvalue weighted by molar-refractivity contribution is -0.123. The molecule has 1 aromatic carbocycles. The number of methoxy groups -OCH3 is 1. The van der Waals surface area contributed by atoms with Crippen LogP contribution in [0.5, 0.6) is 5.75 Å². The Balaban J connectivity index is 1.65. The number of benzene rings is 1. The summed E-state index contributed by atoms with van der Waals surface area (Å²) < 4.78 is 5.31. The topological polar surface area (TPSA) is 65.4 Å². The molecule has 0 aromatic heterocycles. The van der Waals surface area contributed by atoms with Crippen molar-refractivity contribution in [2.45, 2.75) is 50.1 Å².